The number of esters is 1. The van der Waals surface area contributed by atoms with Crippen LogP contribution < -0.4 is 0 Å². The summed E-state index contributed by atoms with van der Waals surface area (Å²) in [5.74, 6) is -0.940. The van der Waals surface area contributed by atoms with E-state index in [-0.39, 0.29) is 12.5 Å². The molecule has 0 bridgehead atoms. The lowest BCUT2D eigenvalue weighted by atomic mass is 9.81. The molecule has 24 heavy (non-hydrogen) atoms. The highest BCUT2D eigenvalue weighted by Gasteiger charge is 2.39. The summed E-state index contributed by atoms with van der Waals surface area (Å²) >= 11 is 1.34. The number of carbonyl (C=O) groups is 2. The summed E-state index contributed by atoms with van der Waals surface area (Å²) in [6.07, 6.45) is 7.69. The largest absolute Gasteiger partial charge is 0.452 e. The molecule has 128 valence electrons. The van der Waals surface area contributed by atoms with Gasteiger partial charge < -0.3 is 9.64 Å². The van der Waals surface area contributed by atoms with E-state index < -0.39 is 11.5 Å². The minimum absolute atomic E-state index is 0.341. The van der Waals surface area contributed by atoms with Crippen LogP contribution in [-0.4, -0.2) is 47.2 Å². The van der Waals surface area contributed by atoms with Gasteiger partial charge in [-0.2, -0.15) is 5.26 Å². The van der Waals surface area contributed by atoms with Gasteiger partial charge in [0.1, 0.15) is 10.6 Å². The molecule has 0 aromatic carbocycles. The molecule has 7 heteroatoms. The van der Waals surface area contributed by atoms with Gasteiger partial charge in [0.05, 0.1) is 11.6 Å². The Kier molecular flexibility index (Phi) is 6.21. The van der Waals surface area contributed by atoms with Crippen molar-refractivity contribution >= 4 is 23.6 Å². The Hall–Kier alpha value is -2.07. The predicted octanol–water partition coefficient (Wildman–Crippen LogP) is 2.65. The highest BCUT2D eigenvalue weighted by atomic mass is 32.2. The summed E-state index contributed by atoms with van der Waals surface area (Å²) in [4.78, 5) is 30.1. The molecule has 1 heterocycles. The van der Waals surface area contributed by atoms with E-state index in [1.807, 2.05) is 6.26 Å². The van der Waals surface area contributed by atoms with Crippen LogP contribution in [0.5, 0.6) is 0 Å². The lowest BCUT2D eigenvalue weighted by molar-refractivity contribution is -0.138. The van der Waals surface area contributed by atoms with Crippen LogP contribution in [0.25, 0.3) is 0 Å². The molecule has 1 saturated carbocycles. The zero-order chi connectivity index (χ0) is 17.6. The lowest BCUT2D eigenvalue weighted by Crippen LogP contribution is -2.51. The average Bonchev–Trinajstić information content (AvgIpc) is 2.65. The van der Waals surface area contributed by atoms with Crippen LogP contribution in [0.2, 0.25) is 0 Å². The van der Waals surface area contributed by atoms with Crippen molar-refractivity contribution in [2.45, 2.75) is 42.7 Å². The fourth-order valence-electron chi connectivity index (χ4n) is 2.91. The number of nitriles is 1. The van der Waals surface area contributed by atoms with E-state index in [9.17, 15) is 14.9 Å². The summed E-state index contributed by atoms with van der Waals surface area (Å²) in [5, 5.41) is 10.1. The van der Waals surface area contributed by atoms with Gasteiger partial charge in [0.25, 0.3) is 5.91 Å². The molecule has 1 fully saturated rings. The Morgan fingerprint density at radius 3 is 2.75 bits per heavy atom. The maximum absolute atomic E-state index is 12.4. The van der Waals surface area contributed by atoms with Crippen molar-refractivity contribution in [3.05, 3.63) is 23.9 Å². The van der Waals surface area contributed by atoms with Gasteiger partial charge in [0.2, 0.25) is 0 Å². The highest BCUT2D eigenvalue weighted by Crippen LogP contribution is 2.32. The molecule has 0 N–H and O–H groups in total. The van der Waals surface area contributed by atoms with Crippen LogP contribution in [-0.2, 0) is 9.53 Å². The second-order valence-electron chi connectivity index (χ2n) is 5.79. The number of nitrogens with zero attached hydrogens (tertiary/aromatic N) is 3. The van der Waals surface area contributed by atoms with Crippen molar-refractivity contribution in [3.63, 3.8) is 0 Å². The zero-order valence-corrected chi connectivity index (χ0v) is 14.8. The maximum Gasteiger partial charge on any atom is 0.341 e. The number of likely N-dealkylation sites (N-methyl/N-ethyl adjacent to an activating group) is 1. The number of thioether (sulfide) groups is 1. The third-order valence-electron chi connectivity index (χ3n) is 4.42. The lowest BCUT2D eigenvalue weighted by Gasteiger charge is -2.38. The van der Waals surface area contributed by atoms with Gasteiger partial charge in [0, 0.05) is 13.2 Å². The van der Waals surface area contributed by atoms with Gasteiger partial charge in [0.15, 0.2) is 6.61 Å². The molecule has 0 saturated heterocycles. The number of amides is 1. The van der Waals surface area contributed by atoms with E-state index >= 15 is 0 Å². The van der Waals surface area contributed by atoms with Gasteiger partial charge in [-0.1, -0.05) is 19.3 Å². The standard InChI is InChI=1S/C17H21N3O3S/c1-20(17(12-18)8-4-3-5-9-17)14(21)11-23-16(22)13-7-6-10-19-15(13)24-2/h6-7,10H,3-5,8-9,11H2,1-2H3. The van der Waals surface area contributed by atoms with Crippen LogP contribution in [0.4, 0.5) is 0 Å². The fraction of sp³-hybridized carbons (Fsp3) is 0.529. The van der Waals surface area contributed by atoms with Crippen molar-refractivity contribution in [2.75, 3.05) is 19.9 Å². The number of aromatic nitrogens is 1. The average molecular weight is 347 g/mol. The van der Waals surface area contributed by atoms with Crippen molar-refractivity contribution in [2.24, 2.45) is 0 Å². The van der Waals surface area contributed by atoms with E-state index in [2.05, 4.69) is 11.1 Å². The number of hydrogen-bond donors (Lipinski definition) is 0. The molecule has 0 aliphatic heterocycles. The number of ether oxygens (including phenoxy) is 1. The SMILES string of the molecule is CSc1ncccc1C(=O)OCC(=O)N(C)C1(C#N)CCCCC1. The van der Waals surface area contributed by atoms with Crippen LogP contribution in [0, 0.1) is 11.3 Å². The summed E-state index contributed by atoms with van der Waals surface area (Å²) in [6.45, 7) is -0.374. The van der Waals surface area contributed by atoms with Crippen molar-refractivity contribution < 1.29 is 14.3 Å². The number of carbonyl (C=O) groups excluding carboxylic acids is 2. The van der Waals surface area contributed by atoms with Crippen molar-refractivity contribution in [1.82, 2.24) is 9.88 Å². The minimum Gasteiger partial charge on any atom is -0.452 e. The Balaban J connectivity index is 1.99. The first kappa shape index (κ1) is 18.3. The first-order valence-electron chi connectivity index (χ1n) is 7.88. The minimum atomic E-state index is -0.777. The topological polar surface area (TPSA) is 83.3 Å². The first-order valence-corrected chi connectivity index (χ1v) is 9.10. The summed E-state index contributed by atoms with van der Waals surface area (Å²) in [7, 11) is 1.61. The molecule has 1 aliphatic carbocycles. The van der Waals surface area contributed by atoms with E-state index in [1.54, 1.807) is 25.4 Å². The van der Waals surface area contributed by atoms with Crippen molar-refractivity contribution in [1.29, 1.82) is 5.26 Å². The number of pyridine rings is 1. The molecule has 6 nitrogen and oxygen atoms in total. The molecule has 0 unspecified atom stereocenters. The number of rotatable bonds is 5. The van der Waals surface area contributed by atoms with Gasteiger partial charge >= 0.3 is 5.97 Å². The summed E-state index contributed by atoms with van der Waals surface area (Å²) < 4.78 is 5.14. The molecule has 0 spiro atoms. The third kappa shape index (κ3) is 3.88. The summed E-state index contributed by atoms with van der Waals surface area (Å²) in [5.41, 5.74) is -0.436. The Bertz CT molecular complexity index is 651. The second-order valence-corrected chi connectivity index (χ2v) is 6.59. The molecular formula is C17H21N3O3S. The first-order chi connectivity index (χ1) is 11.5. The zero-order valence-electron chi connectivity index (χ0n) is 13.9. The van der Waals surface area contributed by atoms with E-state index in [0.29, 0.717) is 23.4 Å². The Morgan fingerprint density at radius 1 is 1.42 bits per heavy atom. The predicted molar refractivity (Wildman–Crippen MR) is 90.5 cm³/mol. The second kappa shape index (κ2) is 8.15. The number of hydrogen-bond acceptors (Lipinski definition) is 6. The van der Waals surface area contributed by atoms with Crippen molar-refractivity contribution in [3.8, 4) is 6.07 Å². The van der Waals surface area contributed by atoms with Gasteiger partial charge in [-0.3, -0.25) is 4.79 Å². The molecule has 1 aromatic rings. The normalized spacial score (nSPS) is 16.0. The van der Waals surface area contributed by atoms with Gasteiger partial charge in [-0.15, -0.1) is 11.8 Å². The quantitative estimate of drug-likeness (QED) is 0.601. The van der Waals surface area contributed by atoms with Crippen LogP contribution in [0.1, 0.15) is 42.5 Å². The molecule has 1 aliphatic rings. The molecule has 0 radical (unpaired) electrons. The van der Waals surface area contributed by atoms with Gasteiger partial charge in [-0.25, -0.2) is 9.78 Å². The van der Waals surface area contributed by atoms with E-state index in [0.717, 1.165) is 19.3 Å². The molecular weight excluding hydrogens is 326 g/mol. The Labute approximate surface area is 146 Å². The molecule has 2 rings (SSSR count). The molecule has 1 aromatic heterocycles. The maximum atomic E-state index is 12.4. The molecule has 0 atom stereocenters. The fourth-order valence-corrected chi connectivity index (χ4v) is 3.45. The van der Waals surface area contributed by atoms with E-state index in [4.69, 9.17) is 4.74 Å². The van der Waals surface area contributed by atoms with E-state index in [1.165, 1.54) is 16.7 Å². The summed E-state index contributed by atoms with van der Waals surface area (Å²) in [6, 6.07) is 5.56. The monoisotopic (exact) mass is 347 g/mol. The Morgan fingerprint density at radius 2 is 2.12 bits per heavy atom. The smallest absolute Gasteiger partial charge is 0.341 e. The molecule has 1 amide bonds. The van der Waals surface area contributed by atoms with Gasteiger partial charge in [-0.05, 0) is 31.2 Å². The third-order valence-corrected chi connectivity index (χ3v) is 5.13. The van der Waals surface area contributed by atoms with Crippen LogP contribution >= 0.6 is 11.8 Å². The highest BCUT2D eigenvalue weighted by molar-refractivity contribution is 7.98. The van der Waals surface area contributed by atoms with Crippen LogP contribution in [0.3, 0.4) is 0 Å². The van der Waals surface area contributed by atoms with Crippen LogP contribution in [0.15, 0.2) is 23.4 Å².